The Morgan fingerprint density at radius 2 is 2.00 bits per heavy atom. The van der Waals surface area contributed by atoms with Crippen molar-refractivity contribution in [3.8, 4) is 0 Å². The smallest absolute Gasteiger partial charge is 0.259 e. The van der Waals surface area contributed by atoms with E-state index in [-0.39, 0.29) is 11.6 Å². The number of ether oxygens (including phenoxy) is 1. The summed E-state index contributed by atoms with van der Waals surface area (Å²) in [6.45, 7) is 6.89. The maximum absolute atomic E-state index is 12.9. The molecule has 3 aromatic rings. The first-order chi connectivity index (χ1) is 14.1. The summed E-state index contributed by atoms with van der Waals surface area (Å²) >= 11 is 4.44. The second kappa shape index (κ2) is 8.47. The second-order valence-electron chi connectivity index (χ2n) is 7.40. The summed E-state index contributed by atoms with van der Waals surface area (Å²) in [6.07, 6.45) is 1.85. The van der Waals surface area contributed by atoms with Crippen LogP contribution >= 0.6 is 12.6 Å². The van der Waals surface area contributed by atoms with E-state index in [9.17, 15) is 4.79 Å². The fourth-order valence-electron chi connectivity index (χ4n) is 3.74. The van der Waals surface area contributed by atoms with E-state index in [0.717, 1.165) is 35.5 Å². The van der Waals surface area contributed by atoms with Crippen LogP contribution in [0.4, 0.5) is 11.5 Å². The topological polar surface area (TPSA) is 58.9 Å². The van der Waals surface area contributed by atoms with Crippen LogP contribution in [0.3, 0.4) is 0 Å². The summed E-state index contributed by atoms with van der Waals surface area (Å²) in [4.78, 5) is 19.9. The number of nitrogens with zero attached hydrogens (tertiary/aromatic N) is 3. The number of rotatable bonds is 5. The van der Waals surface area contributed by atoms with Gasteiger partial charge in [-0.1, -0.05) is 18.2 Å². The second-order valence-corrected chi connectivity index (χ2v) is 7.72. The van der Waals surface area contributed by atoms with Gasteiger partial charge in [0.15, 0.2) is 0 Å². The average Bonchev–Trinajstić information content (AvgIpc) is 2.74. The largest absolute Gasteiger partial charge is 0.378 e. The third-order valence-electron chi connectivity index (χ3n) is 5.27. The van der Waals surface area contributed by atoms with Crippen molar-refractivity contribution in [2.24, 2.45) is 0 Å². The van der Waals surface area contributed by atoms with Crippen LogP contribution in [0.5, 0.6) is 0 Å². The van der Waals surface area contributed by atoms with Crippen LogP contribution in [0.25, 0.3) is 5.65 Å². The molecule has 0 unspecified atom stereocenters. The van der Waals surface area contributed by atoms with Crippen LogP contribution in [0.15, 0.2) is 47.4 Å². The highest BCUT2D eigenvalue weighted by atomic mass is 32.1. The quantitative estimate of drug-likeness (QED) is 0.631. The molecule has 0 bridgehead atoms. The Morgan fingerprint density at radius 3 is 2.76 bits per heavy atom. The fourth-order valence-corrected chi connectivity index (χ4v) is 4.02. The van der Waals surface area contributed by atoms with Crippen LogP contribution in [0.1, 0.15) is 29.7 Å². The van der Waals surface area contributed by atoms with Crippen molar-refractivity contribution in [3.63, 3.8) is 0 Å². The predicted molar refractivity (Wildman–Crippen MR) is 120 cm³/mol. The number of anilines is 2. The fraction of sp³-hybridized carbons (Fsp3) is 0.364. The van der Waals surface area contributed by atoms with Gasteiger partial charge in [-0.15, -0.1) is 0 Å². The van der Waals surface area contributed by atoms with Crippen molar-refractivity contribution in [1.82, 2.24) is 9.38 Å². The Hall–Kier alpha value is -2.51. The van der Waals surface area contributed by atoms with Crippen molar-refractivity contribution in [2.75, 3.05) is 36.5 Å². The summed E-state index contributed by atoms with van der Waals surface area (Å²) in [5, 5.41) is 3.58. The third-order valence-corrected chi connectivity index (χ3v) is 5.61. The Bertz CT molecular complexity index is 1080. The molecule has 29 heavy (non-hydrogen) atoms. The minimum Gasteiger partial charge on any atom is -0.378 e. The van der Waals surface area contributed by atoms with Crippen molar-refractivity contribution >= 4 is 29.8 Å². The van der Waals surface area contributed by atoms with Gasteiger partial charge in [-0.3, -0.25) is 9.20 Å². The zero-order chi connectivity index (χ0) is 20.4. The Kier molecular flexibility index (Phi) is 5.78. The maximum Gasteiger partial charge on any atom is 0.259 e. The molecule has 1 aliphatic heterocycles. The average molecular weight is 411 g/mol. The molecular weight excluding hydrogens is 384 g/mol. The van der Waals surface area contributed by atoms with Gasteiger partial charge in [0.25, 0.3) is 5.56 Å². The number of hydrogen-bond donors (Lipinski definition) is 2. The number of fused-ring (bicyclic) bond motifs is 1. The molecule has 1 fully saturated rings. The van der Waals surface area contributed by atoms with E-state index < -0.39 is 0 Å². The molecule has 6 nitrogen and oxygen atoms in total. The summed E-state index contributed by atoms with van der Waals surface area (Å²) in [7, 11) is 0. The molecule has 1 aromatic carbocycles. The molecule has 0 saturated carbocycles. The minimum absolute atomic E-state index is 0.0298. The number of morpholine rings is 1. The highest BCUT2D eigenvalue weighted by molar-refractivity contribution is 7.79. The van der Waals surface area contributed by atoms with Gasteiger partial charge in [-0.05, 0) is 37.1 Å². The number of aromatic nitrogens is 2. The zero-order valence-corrected chi connectivity index (χ0v) is 17.7. The van der Waals surface area contributed by atoms with Gasteiger partial charge in [-0.25, -0.2) is 4.98 Å². The first-order valence-corrected chi connectivity index (χ1v) is 10.5. The lowest BCUT2D eigenvalue weighted by molar-refractivity contribution is 0.122. The Balaban J connectivity index is 1.78. The van der Waals surface area contributed by atoms with E-state index in [1.54, 1.807) is 10.5 Å². The summed E-state index contributed by atoms with van der Waals surface area (Å²) in [5.41, 5.74) is 4.82. The number of nitrogens with one attached hydrogen (secondary N) is 1. The van der Waals surface area contributed by atoms with Gasteiger partial charge in [0.2, 0.25) is 0 Å². The van der Waals surface area contributed by atoms with Gasteiger partial charge in [0.05, 0.1) is 19.3 Å². The predicted octanol–water partition coefficient (Wildman–Crippen LogP) is 3.44. The van der Waals surface area contributed by atoms with Crippen molar-refractivity contribution in [3.05, 3.63) is 69.6 Å². The molecule has 0 amide bonds. The van der Waals surface area contributed by atoms with Gasteiger partial charge in [0, 0.05) is 42.4 Å². The molecular formula is C22H26N4O2S. The van der Waals surface area contributed by atoms with Gasteiger partial charge in [0.1, 0.15) is 11.5 Å². The summed E-state index contributed by atoms with van der Waals surface area (Å²) in [5.74, 6) is 1.37. The maximum atomic E-state index is 12.9. The molecule has 1 aliphatic rings. The van der Waals surface area contributed by atoms with E-state index >= 15 is 0 Å². The van der Waals surface area contributed by atoms with E-state index in [1.807, 2.05) is 25.3 Å². The SMILES string of the molecule is Cc1cc([C@@H](C)Nc2ccccc2CS)c2nc(N3CCOCC3)cc(=O)n2c1. The highest BCUT2D eigenvalue weighted by Gasteiger charge is 2.18. The molecule has 3 heterocycles. The van der Waals surface area contributed by atoms with Crippen molar-refractivity contribution < 1.29 is 4.74 Å². The molecule has 1 saturated heterocycles. The van der Waals surface area contributed by atoms with E-state index in [0.29, 0.717) is 30.4 Å². The van der Waals surface area contributed by atoms with E-state index in [1.165, 1.54) is 0 Å². The van der Waals surface area contributed by atoms with E-state index in [2.05, 4.69) is 48.0 Å². The number of thiol groups is 1. The Labute approximate surface area is 175 Å². The van der Waals surface area contributed by atoms with Gasteiger partial charge < -0.3 is 15.0 Å². The third kappa shape index (κ3) is 4.11. The number of pyridine rings is 1. The molecule has 2 aromatic heterocycles. The highest BCUT2D eigenvalue weighted by Crippen LogP contribution is 2.26. The number of benzene rings is 1. The minimum atomic E-state index is -0.0654. The first-order valence-electron chi connectivity index (χ1n) is 9.89. The van der Waals surface area contributed by atoms with Crippen LogP contribution in [-0.2, 0) is 10.5 Å². The number of para-hydroxylation sites is 1. The monoisotopic (exact) mass is 410 g/mol. The lowest BCUT2D eigenvalue weighted by atomic mass is 10.1. The summed E-state index contributed by atoms with van der Waals surface area (Å²) < 4.78 is 7.09. The van der Waals surface area contributed by atoms with Crippen molar-refractivity contribution in [1.29, 1.82) is 0 Å². The lowest BCUT2D eigenvalue weighted by Crippen LogP contribution is -2.37. The molecule has 0 aliphatic carbocycles. The van der Waals surface area contributed by atoms with Gasteiger partial charge in [-0.2, -0.15) is 12.6 Å². The van der Waals surface area contributed by atoms with E-state index in [4.69, 9.17) is 9.72 Å². The molecule has 152 valence electrons. The van der Waals surface area contributed by atoms with Crippen LogP contribution in [0.2, 0.25) is 0 Å². The van der Waals surface area contributed by atoms with Crippen LogP contribution in [0, 0.1) is 6.92 Å². The standard InChI is InChI=1S/C22H26N4O2S/c1-15-11-18(16(2)23-19-6-4-3-5-17(19)14-29)22-24-20(12-21(27)26(22)13-15)25-7-9-28-10-8-25/h3-6,11-13,16,23,29H,7-10,14H2,1-2H3/t16-/m1/s1. The Morgan fingerprint density at radius 1 is 1.24 bits per heavy atom. The van der Waals surface area contributed by atoms with Crippen LogP contribution in [-0.4, -0.2) is 35.7 Å². The zero-order valence-electron chi connectivity index (χ0n) is 16.8. The molecule has 1 atom stereocenters. The number of aryl methyl sites for hydroxylation is 1. The lowest BCUT2D eigenvalue weighted by Gasteiger charge is -2.28. The van der Waals surface area contributed by atoms with Gasteiger partial charge >= 0.3 is 0 Å². The van der Waals surface area contributed by atoms with Crippen LogP contribution < -0.4 is 15.8 Å². The molecule has 0 spiro atoms. The molecule has 7 heteroatoms. The molecule has 0 radical (unpaired) electrons. The normalized spacial score (nSPS) is 15.5. The first kappa shape index (κ1) is 19.8. The molecule has 4 rings (SSSR count). The van der Waals surface area contributed by atoms with Crippen molar-refractivity contribution in [2.45, 2.75) is 25.6 Å². The number of hydrogen-bond acceptors (Lipinski definition) is 6. The summed E-state index contributed by atoms with van der Waals surface area (Å²) in [6, 6.07) is 11.8. The molecule has 1 N–H and O–H groups in total.